The van der Waals surface area contributed by atoms with Crippen LogP contribution in [0, 0.1) is 0 Å². The summed E-state index contributed by atoms with van der Waals surface area (Å²) < 4.78 is 8.23. The van der Waals surface area contributed by atoms with E-state index in [4.69, 9.17) is 4.74 Å². The van der Waals surface area contributed by atoms with Crippen LogP contribution in [0.1, 0.15) is 17.3 Å². The second-order valence-corrected chi connectivity index (χ2v) is 5.82. The second-order valence-electron chi connectivity index (χ2n) is 5.82. The van der Waals surface area contributed by atoms with Crippen LogP contribution in [0.2, 0.25) is 0 Å². The van der Waals surface area contributed by atoms with Crippen molar-refractivity contribution in [1.29, 1.82) is 0 Å². The molecule has 1 amide bonds. The number of rotatable bonds is 7. The van der Waals surface area contributed by atoms with Gasteiger partial charge in [0.2, 0.25) is 11.8 Å². The van der Waals surface area contributed by atoms with Crippen molar-refractivity contribution in [1.82, 2.24) is 34.2 Å². The Morgan fingerprint density at radius 2 is 2.15 bits per heavy atom. The molecule has 0 fully saturated rings. The summed E-state index contributed by atoms with van der Waals surface area (Å²) in [6, 6.07) is 1.48. The minimum absolute atomic E-state index is 0.0495. The normalized spacial score (nSPS) is 10.6. The first kappa shape index (κ1) is 20.1. The van der Waals surface area contributed by atoms with Gasteiger partial charge in [-0.25, -0.2) is 14.8 Å². The molecule has 0 aliphatic carbocycles. The van der Waals surface area contributed by atoms with Crippen LogP contribution >= 0.6 is 0 Å². The second kappa shape index (κ2) is 9.48. The number of carbonyl (C=O) groups is 1. The Bertz CT molecular complexity index is 882. The average molecular weight is 376 g/mol. The number of amides is 1. The largest absolute Gasteiger partial charge is 0.480 e. The van der Waals surface area contributed by atoms with Gasteiger partial charge in [0.1, 0.15) is 18.2 Å². The van der Waals surface area contributed by atoms with Crippen LogP contribution in [0.3, 0.4) is 0 Å². The number of ether oxygens (including phenoxy) is 1. The summed E-state index contributed by atoms with van der Waals surface area (Å²) in [6.45, 7) is 3.63. The number of anilines is 1. The van der Waals surface area contributed by atoms with Gasteiger partial charge in [-0.2, -0.15) is 0 Å². The molecule has 2 rings (SSSR count). The van der Waals surface area contributed by atoms with Gasteiger partial charge in [0.25, 0.3) is 5.91 Å². The average Bonchev–Trinajstić information content (AvgIpc) is 3.11. The van der Waals surface area contributed by atoms with Gasteiger partial charge < -0.3 is 9.64 Å². The van der Waals surface area contributed by atoms with E-state index in [2.05, 4.69) is 25.4 Å². The van der Waals surface area contributed by atoms with E-state index in [1.807, 2.05) is 25.9 Å². The fourth-order valence-corrected chi connectivity index (χ4v) is 2.09. The number of hydrogen-bond acceptors (Lipinski definition) is 7. The number of likely N-dealkylation sites (N-methyl/N-ethyl adjacent to an activating group) is 1. The van der Waals surface area contributed by atoms with Crippen molar-refractivity contribution in [2.75, 3.05) is 33.1 Å². The quantitative estimate of drug-likeness (QED) is 0.704. The van der Waals surface area contributed by atoms with Crippen LogP contribution in [-0.2, 0) is 13.1 Å². The van der Waals surface area contributed by atoms with E-state index >= 15 is 0 Å². The van der Waals surface area contributed by atoms with E-state index in [9.17, 15) is 9.59 Å². The van der Waals surface area contributed by atoms with Crippen molar-refractivity contribution in [3.8, 4) is 5.88 Å². The fourth-order valence-electron chi connectivity index (χ4n) is 2.09. The van der Waals surface area contributed by atoms with Crippen LogP contribution in [0.4, 0.5) is 5.95 Å². The molecule has 0 bridgehead atoms. The topological polar surface area (TPSA) is 123 Å². The lowest BCUT2D eigenvalue weighted by Crippen LogP contribution is -2.26. The highest BCUT2D eigenvalue weighted by Gasteiger charge is 2.14. The molecule has 0 unspecified atom stereocenters. The maximum atomic E-state index is 12.7. The summed E-state index contributed by atoms with van der Waals surface area (Å²) >= 11 is 0. The number of carbonyl (C=O) groups excluding carboxylic acids is 1. The number of hydrogen-bond donors (Lipinski definition) is 2. The van der Waals surface area contributed by atoms with Crippen LogP contribution in [-0.4, -0.2) is 67.9 Å². The summed E-state index contributed by atoms with van der Waals surface area (Å²) in [5.41, 5.74) is -0.231. The Hall–Kier alpha value is -3.21. The number of aromatic amines is 1. The highest BCUT2D eigenvalue weighted by Crippen LogP contribution is 2.13. The Labute approximate surface area is 156 Å². The molecule has 0 aliphatic rings. The first-order chi connectivity index (χ1) is 12.9. The molecule has 2 aromatic heterocycles. The van der Waals surface area contributed by atoms with E-state index in [0.29, 0.717) is 19.6 Å². The summed E-state index contributed by atoms with van der Waals surface area (Å²) in [6.07, 6.45) is 4.22. The molecule has 2 aromatic rings. The van der Waals surface area contributed by atoms with Crippen molar-refractivity contribution in [2.45, 2.75) is 20.0 Å². The Kier molecular flexibility index (Phi) is 7.06. The van der Waals surface area contributed by atoms with E-state index in [0.717, 1.165) is 0 Å². The lowest BCUT2D eigenvalue weighted by atomic mass is 10.3. The van der Waals surface area contributed by atoms with Crippen LogP contribution in [0.25, 0.3) is 0 Å². The number of aromatic nitrogens is 6. The minimum atomic E-state index is -0.504. The number of methoxy groups -OCH3 is 1. The lowest BCUT2D eigenvalue weighted by Gasteiger charge is -2.09. The fraction of sp³-hybridized carbons (Fsp3) is 0.438. The van der Waals surface area contributed by atoms with Crippen molar-refractivity contribution in [3.05, 3.63) is 41.0 Å². The Morgan fingerprint density at radius 3 is 2.78 bits per heavy atom. The first-order valence-corrected chi connectivity index (χ1v) is 8.36. The van der Waals surface area contributed by atoms with E-state index < -0.39 is 5.91 Å². The number of nitrogens with one attached hydrogen (secondary N) is 2. The highest BCUT2D eigenvalue weighted by molar-refractivity contribution is 6.04. The third-order valence-electron chi connectivity index (χ3n) is 3.59. The van der Waals surface area contributed by atoms with Gasteiger partial charge in [-0.05, 0) is 27.1 Å². The summed E-state index contributed by atoms with van der Waals surface area (Å²) in [5.74, 6) is -0.287. The van der Waals surface area contributed by atoms with Gasteiger partial charge in [0.05, 0.1) is 7.11 Å². The maximum absolute atomic E-state index is 12.7. The first-order valence-electron chi connectivity index (χ1n) is 8.36. The van der Waals surface area contributed by atoms with Crippen molar-refractivity contribution >= 4 is 11.9 Å². The van der Waals surface area contributed by atoms with Crippen LogP contribution < -0.4 is 15.7 Å². The van der Waals surface area contributed by atoms with Crippen LogP contribution in [0.5, 0.6) is 5.88 Å². The van der Waals surface area contributed by atoms with Crippen molar-refractivity contribution in [2.24, 2.45) is 0 Å². The zero-order valence-electron chi connectivity index (χ0n) is 15.8. The standard InChI is InChI=1S/C16H24N8O3/c1-5-24-11-19-15(21-24)20-13(25)12-6-7-23(9-8-22(2)3)16(26)18-10-17-14(12)27-4/h6-7,10-11H,5,8-9H2,1-4H3,(H,17,18,26)(H,20,21,25). The summed E-state index contributed by atoms with van der Waals surface area (Å²) in [7, 11) is 5.20. The number of H-pyrrole nitrogens is 1. The molecule has 0 aliphatic heterocycles. The molecule has 2 N–H and O–H groups in total. The van der Waals surface area contributed by atoms with E-state index in [1.165, 1.54) is 36.6 Å². The molecule has 11 heteroatoms. The predicted molar refractivity (Wildman–Crippen MR) is 99.2 cm³/mol. The molecule has 0 aromatic carbocycles. The molecule has 0 saturated heterocycles. The molecular weight excluding hydrogens is 352 g/mol. The van der Waals surface area contributed by atoms with Gasteiger partial charge >= 0.3 is 5.69 Å². The zero-order chi connectivity index (χ0) is 19.8. The van der Waals surface area contributed by atoms with Crippen LogP contribution in [0.15, 0.2) is 29.7 Å². The maximum Gasteiger partial charge on any atom is 0.326 e. The van der Waals surface area contributed by atoms with Gasteiger partial charge in [0.15, 0.2) is 0 Å². The van der Waals surface area contributed by atoms with Gasteiger partial charge in [-0.15, -0.1) is 5.10 Å². The smallest absolute Gasteiger partial charge is 0.326 e. The summed E-state index contributed by atoms with van der Waals surface area (Å²) in [4.78, 5) is 37.4. The van der Waals surface area contributed by atoms with Crippen molar-refractivity contribution in [3.63, 3.8) is 0 Å². The molecule has 2 heterocycles. The lowest BCUT2D eigenvalue weighted by molar-refractivity contribution is 0.102. The molecule has 0 spiro atoms. The van der Waals surface area contributed by atoms with Gasteiger partial charge in [-0.3, -0.25) is 24.3 Å². The summed E-state index contributed by atoms with van der Waals surface area (Å²) in [5, 5.41) is 6.71. The molecule has 0 atom stereocenters. The van der Waals surface area contributed by atoms with E-state index in [1.54, 1.807) is 4.68 Å². The molecule has 0 saturated carbocycles. The SMILES string of the molecule is CCn1cnc(NC(=O)c2ccn(CCN(C)C)c(=O)[nH]cnc2OC)n1. The molecule has 0 radical (unpaired) electrons. The number of nitrogens with zero attached hydrogens (tertiary/aromatic N) is 6. The Morgan fingerprint density at radius 1 is 1.37 bits per heavy atom. The van der Waals surface area contributed by atoms with Crippen molar-refractivity contribution < 1.29 is 9.53 Å². The highest BCUT2D eigenvalue weighted by atomic mass is 16.5. The third-order valence-corrected chi connectivity index (χ3v) is 3.59. The number of aryl methyl sites for hydroxylation is 1. The van der Waals surface area contributed by atoms with Gasteiger partial charge in [-0.1, -0.05) is 0 Å². The zero-order valence-corrected chi connectivity index (χ0v) is 15.8. The minimum Gasteiger partial charge on any atom is -0.480 e. The van der Waals surface area contributed by atoms with E-state index in [-0.39, 0.29) is 23.1 Å². The molecule has 27 heavy (non-hydrogen) atoms. The molecule has 11 nitrogen and oxygen atoms in total. The molecular formula is C16H24N8O3. The monoisotopic (exact) mass is 376 g/mol. The molecule has 146 valence electrons. The van der Waals surface area contributed by atoms with Gasteiger partial charge in [0, 0.05) is 25.8 Å². The predicted octanol–water partition coefficient (Wildman–Crippen LogP) is 0.130. The Balaban J connectivity index is 2.42. The third kappa shape index (κ3) is 5.64.